The summed E-state index contributed by atoms with van der Waals surface area (Å²) < 4.78 is 6.05. The Balaban J connectivity index is 2.08. The summed E-state index contributed by atoms with van der Waals surface area (Å²) in [6.07, 6.45) is 2.63. The highest BCUT2D eigenvalue weighted by Gasteiger charge is 2.41. The number of hydrogen-bond donors (Lipinski definition) is 0. The van der Waals surface area contributed by atoms with E-state index in [0.29, 0.717) is 10.0 Å². The van der Waals surface area contributed by atoms with Crippen LogP contribution in [0.5, 0.6) is 0 Å². The Morgan fingerprint density at radius 1 is 1.07 bits per heavy atom. The lowest BCUT2D eigenvalue weighted by atomic mass is 9.90. The van der Waals surface area contributed by atoms with Crippen molar-refractivity contribution in [3.8, 4) is 0 Å². The molecule has 5 heteroatoms. The van der Waals surface area contributed by atoms with Gasteiger partial charge in [0.05, 0.1) is 6.04 Å². The van der Waals surface area contributed by atoms with Crippen molar-refractivity contribution in [3.05, 3.63) is 69.7 Å². The maximum absolute atomic E-state index is 12.9. The molecule has 0 aromatic heterocycles. The van der Waals surface area contributed by atoms with Crippen LogP contribution in [0.1, 0.15) is 56.4 Å². The molecule has 144 valence electrons. The van der Waals surface area contributed by atoms with Crippen molar-refractivity contribution in [1.82, 2.24) is 4.90 Å². The predicted molar refractivity (Wildman–Crippen MR) is 110 cm³/mol. The van der Waals surface area contributed by atoms with E-state index >= 15 is 0 Å². The molecular weight excluding hydrogens is 381 g/mol. The molecule has 0 saturated carbocycles. The van der Waals surface area contributed by atoms with E-state index in [4.69, 9.17) is 27.9 Å². The van der Waals surface area contributed by atoms with E-state index in [1.54, 1.807) is 0 Å². The lowest BCUT2D eigenvalue weighted by Gasteiger charge is -2.45. The Bertz CT molecular complexity index is 778. The molecule has 1 aliphatic rings. The summed E-state index contributed by atoms with van der Waals surface area (Å²) in [5, 5.41) is 1.34. The van der Waals surface area contributed by atoms with Crippen LogP contribution < -0.4 is 0 Å². The van der Waals surface area contributed by atoms with Gasteiger partial charge in [0.15, 0.2) is 0 Å². The second-order valence-corrected chi connectivity index (χ2v) is 7.81. The Morgan fingerprint density at radius 2 is 1.81 bits per heavy atom. The van der Waals surface area contributed by atoms with E-state index in [9.17, 15) is 4.79 Å². The molecule has 0 radical (unpaired) electrons. The molecule has 27 heavy (non-hydrogen) atoms. The molecule has 1 unspecified atom stereocenters. The molecule has 3 rings (SSSR count). The van der Waals surface area contributed by atoms with Gasteiger partial charge in [-0.3, -0.25) is 4.79 Å². The SMILES string of the molecule is CCCC(CC)N1C(=O)CO[C@H](c2cccc(Cl)c2)[C@@H]1c1ccc(Cl)cc1. The molecule has 1 saturated heterocycles. The zero-order valence-corrected chi connectivity index (χ0v) is 17.2. The standard InChI is InChI=1S/C22H25Cl2NO2/c1-3-6-19(4-2)25-20(26)14-27-22(16-7-5-8-18(24)13-16)21(25)15-9-11-17(23)12-10-15/h5,7-13,19,21-22H,3-4,6,14H2,1-2H3/t19?,21-,22+/m0/s1. The molecule has 0 bridgehead atoms. The first-order valence-corrected chi connectivity index (χ1v) is 10.2. The smallest absolute Gasteiger partial charge is 0.249 e. The average Bonchev–Trinajstić information content (AvgIpc) is 2.67. The highest BCUT2D eigenvalue weighted by atomic mass is 35.5. The van der Waals surface area contributed by atoms with Crippen molar-refractivity contribution in [3.63, 3.8) is 0 Å². The number of halogens is 2. The van der Waals surface area contributed by atoms with Crippen LogP contribution in [-0.4, -0.2) is 23.5 Å². The van der Waals surface area contributed by atoms with Gasteiger partial charge < -0.3 is 9.64 Å². The van der Waals surface area contributed by atoms with E-state index in [0.717, 1.165) is 30.4 Å². The number of benzene rings is 2. The number of ether oxygens (including phenoxy) is 1. The minimum Gasteiger partial charge on any atom is -0.361 e. The van der Waals surface area contributed by atoms with Gasteiger partial charge in [0, 0.05) is 16.1 Å². The van der Waals surface area contributed by atoms with Crippen LogP contribution in [0.4, 0.5) is 0 Å². The van der Waals surface area contributed by atoms with Gasteiger partial charge >= 0.3 is 0 Å². The minimum atomic E-state index is -0.270. The third kappa shape index (κ3) is 4.48. The molecule has 1 aliphatic heterocycles. The van der Waals surface area contributed by atoms with E-state index in [2.05, 4.69) is 13.8 Å². The van der Waals surface area contributed by atoms with Crippen LogP contribution >= 0.6 is 23.2 Å². The third-order valence-electron chi connectivity index (χ3n) is 5.14. The molecule has 1 amide bonds. The van der Waals surface area contributed by atoms with Crippen LogP contribution in [-0.2, 0) is 9.53 Å². The van der Waals surface area contributed by atoms with Gasteiger partial charge in [0.25, 0.3) is 0 Å². The van der Waals surface area contributed by atoms with Crippen LogP contribution in [0.15, 0.2) is 48.5 Å². The predicted octanol–water partition coefficient (Wildman–Crippen LogP) is 6.21. The number of carbonyl (C=O) groups excluding carboxylic acids is 1. The van der Waals surface area contributed by atoms with Crippen LogP contribution in [0.2, 0.25) is 10.0 Å². The maximum Gasteiger partial charge on any atom is 0.249 e. The van der Waals surface area contributed by atoms with E-state index < -0.39 is 0 Å². The van der Waals surface area contributed by atoms with Gasteiger partial charge in [-0.25, -0.2) is 0 Å². The normalized spacial score (nSPS) is 21.3. The maximum atomic E-state index is 12.9. The topological polar surface area (TPSA) is 29.5 Å². The zero-order chi connectivity index (χ0) is 19.4. The Labute approximate surface area is 171 Å². The van der Waals surface area contributed by atoms with Crippen molar-refractivity contribution in [2.75, 3.05) is 6.61 Å². The number of hydrogen-bond acceptors (Lipinski definition) is 2. The summed E-state index contributed by atoms with van der Waals surface area (Å²) in [4.78, 5) is 14.9. The summed E-state index contributed by atoms with van der Waals surface area (Å²) in [7, 11) is 0. The highest BCUT2D eigenvalue weighted by molar-refractivity contribution is 6.30. The van der Waals surface area contributed by atoms with E-state index in [1.807, 2.05) is 53.4 Å². The first kappa shape index (κ1) is 20.2. The first-order chi connectivity index (χ1) is 13.0. The quantitative estimate of drug-likeness (QED) is 0.571. The summed E-state index contributed by atoms with van der Waals surface area (Å²) in [5.41, 5.74) is 2.00. The van der Waals surface area contributed by atoms with Crippen LogP contribution in [0.3, 0.4) is 0 Å². The molecular formula is C22H25Cl2NO2. The van der Waals surface area contributed by atoms with Gasteiger partial charge in [-0.15, -0.1) is 0 Å². The molecule has 2 aromatic rings. The lowest BCUT2D eigenvalue weighted by Crippen LogP contribution is -2.50. The van der Waals surface area contributed by atoms with Gasteiger partial charge in [0.2, 0.25) is 5.91 Å². The molecule has 3 nitrogen and oxygen atoms in total. The fourth-order valence-electron chi connectivity index (χ4n) is 3.89. The van der Waals surface area contributed by atoms with E-state index in [-0.39, 0.29) is 30.7 Å². The number of morpholine rings is 1. The Kier molecular flexibility index (Phi) is 6.80. The van der Waals surface area contributed by atoms with Crippen molar-refractivity contribution in [1.29, 1.82) is 0 Å². The number of nitrogens with zero attached hydrogens (tertiary/aromatic N) is 1. The van der Waals surface area contributed by atoms with Crippen molar-refractivity contribution in [2.45, 2.75) is 51.3 Å². The molecule has 0 spiro atoms. The van der Waals surface area contributed by atoms with Crippen molar-refractivity contribution in [2.24, 2.45) is 0 Å². The number of rotatable bonds is 6. The molecule has 2 aromatic carbocycles. The number of amides is 1. The van der Waals surface area contributed by atoms with E-state index in [1.165, 1.54) is 0 Å². The molecule has 1 fully saturated rings. The lowest BCUT2D eigenvalue weighted by molar-refractivity contribution is -0.163. The highest BCUT2D eigenvalue weighted by Crippen LogP contribution is 2.42. The van der Waals surface area contributed by atoms with Gasteiger partial charge in [0.1, 0.15) is 12.7 Å². The second-order valence-electron chi connectivity index (χ2n) is 6.93. The second kappa shape index (κ2) is 9.09. The summed E-state index contributed by atoms with van der Waals surface area (Å²) >= 11 is 12.3. The fourth-order valence-corrected chi connectivity index (χ4v) is 4.21. The van der Waals surface area contributed by atoms with Crippen LogP contribution in [0.25, 0.3) is 0 Å². The van der Waals surface area contributed by atoms with Crippen molar-refractivity contribution < 1.29 is 9.53 Å². The third-order valence-corrected chi connectivity index (χ3v) is 5.62. The Morgan fingerprint density at radius 3 is 2.44 bits per heavy atom. The first-order valence-electron chi connectivity index (χ1n) is 9.48. The molecule has 0 N–H and O–H groups in total. The fraction of sp³-hybridized carbons (Fsp3) is 0.409. The van der Waals surface area contributed by atoms with Gasteiger partial charge in [-0.2, -0.15) is 0 Å². The summed E-state index contributed by atoms with van der Waals surface area (Å²) in [6.45, 7) is 4.37. The van der Waals surface area contributed by atoms with Crippen LogP contribution in [0, 0.1) is 0 Å². The minimum absolute atomic E-state index is 0.0357. The zero-order valence-electron chi connectivity index (χ0n) is 15.7. The number of carbonyl (C=O) groups is 1. The van der Waals surface area contributed by atoms with Gasteiger partial charge in [-0.05, 0) is 48.2 Å². The summed E-state index contributed by atoms with van der Waals surface area (Å²) in [6, 6.07) is 15.4. The largest absolute Gasteiger partial charge is 0.361 e. The monoisotopic (exact) mass is 405 g/mol. The molecule has 0 aliphatic carbocycles. The Hall–Kier alpha value is -1.55. The van der Waals surface area contributed by atoms with Crippen molar-refractivity contribution >= 4 is 29.1 Å². The average molecular weight is 406 g/mol. The summed E-state index contributed by atoms with van der Waals surface area (Å²) in [5.74, 6) is 0.0357. The van der Waals surface area contributed by atoms with Gasteiger partial charge in [-0.1, -0.05) is 67.7 Å². The molecule has 1 heterocycles. The molecule has 3 atom stereocenters.